The molecule has 8 heteroatoms. The van der Waals surface area contributed by atoms with Crippen LogP contribution in [0.4, 0.5) is 11.4 Å². The molecule has 1 unspecified atom stereocenters. The van der Waals surface area contributed by atoms with Crippen LogP contribution in [0.2, 0.25) is 0 Å². The summed E-state index contributed by atoms with van der Waals surface area (Å²) in [5.74, 6) is -1.11. The Morgan fingerprint density at radius 1 is 1.52 bits per heavy atom. The summed E-state index contributed by atoms with van der Waals surface area (Å²) in [6.45, 7) is 1.62. The van der Waals surface area contributed by atoms with Crippen LogP contribution in [0.5, 0.6) is 0 Å². The van der Waals surface area contributed by atoms with Crippen LogP contribution in [0, 0.1) is 0 Å². The normalized spacial score (nSPS) is 19.2. The lowest BCUT2D eigenvalue weighted by Gasteiger charge is -2.30. The molecule has 0 saturated carbocycles. The lowest BCUT2D eigenvalue weighted by molar-refractivity contribution is -0.140. The van der Waals surface area contributed by atoms with Gasteiger partial charge in [0.15, 0.2) is 0 Å². The topological polar surface area (TPSA) is 105 Å². The second kappa shape index (κ2) is 6.23. The van der Waals surface area contributed by atoms with Gasteiger partial charge in [-0.05, 0) is 41.1 Å². The summed E-state index contributed by atoms with van der Waals surface area (Å²) in [7, 11) is 0. The molecule has 1 aromatic rings. The van der Waals surface area contributed by atoms with Crippen molar-refractivity contribution in [2.45, 2.75) is 13.0 Å². The third kappa shape index (κ3) is 3.79. The number of carbonyl (C=O) groups is 3. The molecule has 0 aromatic heterocycles. The molecule has 0 aliphatic carbocycles. The highest BCUT2D eigenvalue weighted by Gasteiger charge is 2.31. The molecular weight excluding hydrogens is 340 g/mol. The van der Waals surface area contributed by atoms with E-state index in [4.69, 9.17) is 5.73 Å². The number of anilines is 2. The summed E-state index contributed by atoms with van der Waals surface area (Å²) >= 11 is 3.31. The number of nitrogens with zero attached hydrogens (tertiary/aromatic N) is 1. The second-order valence-corrected chi connectivity index (χ2v) is 5.64. The van der Waals surface area contributed by atoms with Crippen molar-refractivity contribution in [3.05, 3.63) is 22.7 Å². The van der Waals surface area contributed by atoms with Gasteiger partial charge in [0.05, 0.1) is 24.8 Å². The number of imide groups is 1. The van der Waals surface area contributed by atoms with Crippen molar-refractivity contribution in [2.75, 3.05) is 24.1 Å². The second-order valence-electron chi connectivity index (χ2n) is 4.78. The Bertz CT molecular complexity index is 605. The van der Waals surface area contributed by atoms with E-state index in [1.807, 2.05) is 0 Å². The van der Waals surface area contributed by atoms with Gasteiger partial charge in [0.25, 0.3) is 0 Å². The van der Waals surface area contributed by atoms with Crippen molar-refractivity contribution in [3.8, 4) is 0 Å². The molecule has 112 valence electrons. The first-order valence-corrected chi connectivity index (χ1v) is 7.08. The minimum absolute atomic E-state index is 0.0171. The fourth-order valence-corrected chi connectivity index (χ4v) is 2.46. The molecule has 0 radical (unpaired) electrons. The van der Waals surface area contributed by atoms with E-state index in [-0.39, 0.29) is 19.0 Å². The largest absolute Gasteiger partial charge is 0.399 e. The molecular formula is C13H15BrN4O3. The number of amides is 3. The minimum Gasteiger partial charge on any atom is -0.399 e. The van der Waals surface area contributed by atoms with Crippen LogP contribution in [0.15, 0.2) is 22.7 Å². The zero-order chi connectivity index (χ0) is 15.6. The van der Waals surface area contributed by atoms with Crippen molar-refractivity contribution >= 4 is 45.0 Å². The summed E-state index contributed by atoms with van der Waals surface area (Å²) in [4.78, 5) is 36.4. The number of nitrogen functional groups attached to an aromatic ring is 1. The number of nitrogens with one attached hydrogen (secondary N) is 2. The Labute approximate surface area is 130 Å². The van der Waals surface area contributed by atoms with E-state index in [1.54, 1.807) is 25.1 Å². The van der Waals surface area contributed by atoms with Crippen LogP contribution < -0.4 is 16.4 Å². The van der Waals surface area contributed by atoms with Crippen molar-refractivity contribution in [1.82, 2.24) is 10.2 Å². The quantitative estimate of drug-likeness (QED) is 0.535. The first-order valence-electron chi connectivity index (χ1n) is 6.29. The lowest BCUT2D eigenvalue weighted by Crippen LogP contribution is -2.58. The third-order valence-electron chi connectivity index (χ3n) is 3.15. The molecule has 0 bridgehead atoms. The molecule has 1 fully saturated rings. The van der Waals surface area contributed by atoms with Gasteiger partial charge in [0.2, 0.25) is 17.7 Å². The maximum Gasteiger partial charge on any atom is 0.243 e. The highest BCUT2D eigenvalue weighted by molar-refractivity contribution is 9.10. The van der Waals surface area contributed by atoms with Crippen molar-refractivity contribution in [2.24, 2.45) is 0 Å². The van der Waals surface area contributed by atoms with E-state index in [0.29, 0.717) is 15.8 Å². The van der Waals surface area contributed by atoms with Crippen LogP contribution in [0.1, 0.15) is 6.92 Å². The molecule has 3 amide bonds. The molecule has 0 spiro atoms. The highest BCUT2D eigenvalue weighted by atomic mass is 79.9. The Balaban J connectivity index is 2.01. The fourth-order valence-electron chi connectivity index (χ4n) is 1.97. The highest BCUT2D eigenvalue weighted by Crippen LogP contribution is 2.24. The van der Waals surface area contributed by atoms with E-state index >= 15 is 0 Å². The van der Waals surface area contributed by atoms with Gasteiger partial charge in [-0.15, -0.1) is 0 Å². The summed E-state index contributed by atoms with van der Waals surface area (Å²) in [6, 6.07) is 4.49. The lowest BCUT2D eigenvalue weighted by atomic mass is 10.2. The SMILES string of the molecule is CC1C(=O)NC(=O)CN1CC(=O)Nc1ccc(N)cc1Br. The smallest absolute Gasteiger partial charge is 0.243 e. The van der Waals surface area contributed by atoms with Crippen molar-refractivity contribution < 1.29 is 14.4 Å². The van der Waals surface area contributed by atoms with Gasteiger partial charge >= 0.3 is 0 Å². The van der Waals surface area contributed by atoms with Crippen molar-refractivity contribution in [3.63, 3.8) is 0 Å². The van der Waals surface area contributed by atoms with E-state index in [0.717, 1.165) is 0 Å². The van der Waals surface area contributed by atoms with Crippen LogP contribution in [0.25, 0.3) is 0 Å². The van der Waals surface area contributed by atoms with Gasteiger partial charge in [-0.1, -0.05) is 0 Å². The number of nitrogens with two attached hydrogens (primary N) is 1. The van der Waals surface area contributed by atoms with Gasteiger partial charge < -0.3 is 11.1 Å². The van der Waals surface area contributed by atoms with E-state index in [9.17, 15) is 14.4 Å². The molecule has 1 aliphatic heterocycles. The predicted molar refractivity (Wildman–Crippen MR) is 81.4 cm³/mol. The first-order chi connectivity index (χ1) is 9.86. The maximum atomic E-state index is 12.0. The Hall–Kier alpha value is -1.93. The molecule has 4 N–H and O–H groups in total. The fraction of sp³-hybridized carbons (Fsp3) is 0.308. The molecule has 1 heterocycles. The number of carbonyl (C=O) groups excluding carboxylic acids is 3. The zero-order valence-corrected chi connectivity index (χ0v) is 12.9. The van der Waals surface area contributed by atoms with E-state index in [1.165, 1.54) is 4.90 Å². The number of benzene rings is 1. The Morgan fingerprint density at radius 3 is 2.90 bits per heavy atom. The average molecular weight is 355 g/mol. The number of piperazine rings is 1. The van der Waals surface area contributed by atoms with Gasteiger partial charge in [0, 0.05) is 10.2 Å². The molecule has 1 saturated heterocycles. The van der Waals surface area contributed by atoms with E-state index in [2.05, 4.69) is 26.6 Å². The van der Waals surface area contributed by atoms with Gasteiger partial charge in [-0.3, -0.25) is 24.6 Å². The number of rotatable bonds is 3. The average Bonchev–Trinajstić information content (AvgIpc) is 2.38. The molecule has 1 aliphatic rings. The van der Waals surface area contributed by atoms with E-state index < -0.39 is 17.9 Å². The van der Waals surface area contributed by atoms with Crippen LogP contribution >= 0.6 is 15.9 Å². The number of hydrogen-bond donors (Lipinski definition) is 3. The Kier molecular flexibility index (Phi) is 4.59. The van der Waals surface area contributed by atoms with Gasteiger partial charge in [-0.25, -0.2) is 0 Å². The number of halogens is 1. The van der Waals surface area contributed by atoms with Crippen LogP contribution in [-0.2, 0) is 14.4 Å². The summed E-state index contributed by atoms with van der Waals surface area (Å²) in [5, 5.41) is 4.93. The number of hydrogen-bond acceptors (Lipinski definition) is 5. The van der Waals surface area contributed by atoms with Crippen LogP contribution in [0.3, 0.4) is 0 Å². The maximum absolute atomic E-state index is 12.0. The Morgan fingerprint density at radius 2 is 2.24 bits per heavy atom. The molecule has 2 rings (SSSR count). The van der Waals surface area contributed by atoms with Crippen molar-refractivity contribution in [1.29, 1.82) is 0 Å². The zero-order valence-electron chi connectivity index (χ0n) is 11.4. The van der Waals surface area contributed by atoms with Gasteiger partial charge in [-0.2, -0.15) is 0 Å². The first kappa shape index (κ1) is 15.5. The predicted octanol–water partition coefficient (Wildman–Crippen LogP) is 0.317. The molecule has 1 aromatic carbocycles. The summed E-state index contributed by atoms with van der Waals surface area (Å²) in [5.41, 5.74) is 6.78. The van der Waals surface area contributed by atoms with Gasteiger partial charge in [0.1, 0.15) is 0 Å². The third-order valence-corrected chi connectivity index (χ3v) is 3.81. The van der Waals surface area contributed by atoms with Crippen LogP contribution in [-0.4, -0.2) is 41.8 Å². The molecule has 21 heavy (non-hydrogen) atoms. The standard InChI is InChI=1S/C13H15BrN4O3/c1-7-13(21)17-12(20)6-18(7)5-11(19)16-10-3-2-8(15)4-9(10)14/h2-4,7H,5-6,15H2,1H3,(H,16,19)(H,17,20,21). The monoisotopic (exact) mass is 354 g/mol. The minimum atomic E-state index is -0.525. The molecule has 1 atom stereocenters. The summed E-state index contributed by atoms with van der Waals surface area (Å²) in [6.07, 6.45) is 0. The summed E-state index contributed by atoms with van der Waals surface area (Å²) < 4.78 is 0.663. The molecule has 7 nitrogen and oxygen atoms in total.